The molecule has 1 unspecified atom stereocenters. The molecule has 2 atom stereocenters. The molecule has 2 amide bonds. The van der Waals surface area contributed by atoms with Gasteiger partial charge in [0.15, 0.2) is 26.9 Å². The van der Waals surface area contributed by atoms with Gasteiger partial charge in [-0.2, -0.15) is 0 Å². The van der Waals surface area contributed by atoms with E-state index in [0.717, 1.165) is 36.9 Å². The molecule has 14 nitrogen and oxygen atoms in total. The highest BCUT2D eigenvalue weighted by molar-refractivity contribution is 8.02. The molecule has 10 rings (SSSR count). The Morgan fingerprint density at radius 2 is 1.39 bits per heavy atom. The minimum Gasteiger partial charge on any atom is -0.477 e. The summed E-state index contributed by atoms with van der Waals surface area (Å²) in [5.41, 5.74) is 4.13. The Morgan fingerprint density at radius 1 is 0.803 bits per heavy atom. The first-order valence-corrected chi connectivity index (χ1v) is 25.9. The van der Waals surface area contributed by atoms with E-state index >= 15 is 0 Å². The number of nitrogens with zero attached hydrogens (tertiary/aromatic N) is 5. The molecule has 71 heavy (non-hydrogen) atoms. The van der Waals surface area contributed by atoms with Gasteiger partial charge in [0, 0.05) is 23.1 Å². The maximum absolute atomic E-state index is 14.5. The third-order valence-corrected chi connectivity index (χ3v) is 16.1. The predicted octanol–water partition coefficient (Wildman–Crippen LogP) is 9.14. The van der Waals surface area contributed by atoms with Crippen molar-refractivity contribution in [2.45, 2.75) is 27.4 Å². The molecular formula is C53H41N7O7S4. The number of ether oxygens (including phenoxy) is 1. The number of aliphatic carboxylic acids is 1. The molecule has 5 aromatic carbocycles. The molecule has 0 saturated carbocycles. The summed E-state index contributed by atoms with van der Waals surface area (Å²) in [6.07, 6.45) is 0.915. The maximum Gasteiger partial charge on any atom is 0.352 e. The highest BCUT2D eigenvalue weighted by Gasteiger charge is 2.54. The van der Waals surface area contributed by atoms with Crippen LogP contribution in [0.1, 0.15) is 39.6 Å². The normalized spacial score (nSPS) is 15.8. The van der Waals surface area contributed by atoms with Crippen LogP contribution in [0, 0.1) is 0 Å². The first-order valence-electron chi connectivity index (χ1n) is 22.2. The lowest BCUT2D eigenvalue weighted by Gasteiger charge is -2.49. The molecule has 0 aliphatic carbocycles. The van der Waals surface area contributed by atoms with Crippen molar-refractivity contribution >= 4 is 91.1 Å². The molecule has 18 heteroatoms. The zero-order valence-corrected chi connectivity index (χ0v) is 40.6. The predicted molar refractivity (Wildman–Crippen MR) is 276 cm³/mol. The summed E-state index contributed by atoms with van der Waals surface area (Å²) in [4.78, 5) is 75.4. The number of carboxylic acids is 1. The van der Waals surface area contributed by atoms with Gasteiger partial charge in [0.1, 0.15) is 28.3 Å². The van der Waals surface area contributed by atoms with E-state index in [1.54, 1.807) is 11.6 Å². The number of oxime groups is 1. The molecule has 5 heterocycles. The number of thiazole rings is 2. The summed E-state index contributed by atoms with van der Waals surface area (Å²) in [6, 6.07) is 51.0. The van der Waals surface area contributed by atoms with Crippen molar-refractivity contribution < 1.29 is 33.9 Å². The van der Waals surface area contributed by atoms with Gasteiger partial charge in [-0.3, -0.25) is 14.5 Å². The number of carboxylic acid groups (broad SMARTS) is 1. The number of nitrogens with one attached hydrogen (secondary N) is 2. The summed E-state index contributed by atoms with van der Waals surface area (Å²) in [7, 11) is 0. The molecule has 3 N–H and O–H groups in total. The van der Waals surface area contributed by atoms with Gasteiger partial charge in [-0.25, -0.2) is 24.5 Å². The summed E-state index contributed by atoms with van der Waals surface area (Å²) in [5, 5.41) is 22.5. The van der Waals surface area contributed by atoms with E-state index in [1.165, 1.54) is 51.1 Å². The monoisotopic (exact) mass is 1020 g/mol. The lowest BCUT2D eigenvalue weighted by atomic mass is 9.77. The number of pyridine rings is 1. The van der Waals surface area contributed by atoms with Crippen LogP contribution in [-0.4, -0.2) is 84.0 Å². The number of fused-ring (bicyclic) bond motifs is 2. The van der Waals surface area contributed by atoms with Crippen molar-refractivity contribution in [3.63, 3.8) is 0 Å². The quantitative estimate of drug-likeness (QED) is 0.0185. The van der Waals surface area contributed by atoms with Gasteiger partial charge >= 0.3 is 11.9 Å². The largest absolute Gasteiger partial charge is 0.477 e. The number of aromatic nitrogens is 3. The third-order valence-electron chi connectivity index (χ3n) is 11.7. The number of carbonyl (C=O) groups is 4. The van der Waals surface area contributed by atoms with Gasteiger partial charge in [0.2, 0.25) is 6.61 Å². The van der Waals surface area contributed by atoms with Crippen LogP contribution in [0.3, 0.4) is 0 Å². The average Bonchev–Trinajstić information content (AvgIpc) is 4.07. The van der Waals surface area contributed by atoms with Crippen LogP contribution in [0.25, 0.3) is 10.3 Å². The number of hydrogen-bond acceptors (Lipinski definition) is 15. The molecule has 2 aliphatic rings. The van der Waals surface area contributed by atoms with Crippen LogP contribution in [0.15, 0.2) is 196 Å². The molecule has 2 aliphatic heterocycles. The Kier molecular flexibility index (Phi) is 14.0. The lowest BCUT2D eigenvalue weighted by Crippen LogP contribution is -2.71. The van der Waals surface area contributed by atoms with E-state index in [1.807, 2.05) is 164 Å². The van der Waals surface area contributed by atoms with Crippen molar-refractivity contribution in [2.24, 2.45) is 5.16 Å². The highest BCUT2D eigenvalue weighted by Crippen LogP contribution is 2.43. The number of esters is 1. The number of benzene rings is 5. The van der Waals surface area contributed by atoms with Gasteiger partial charge in [0.25, 0.3) is 11.8 Å². The zero-order chi connectivity index (χ0) is 48.7. The Bertz CT molecular complexity index is 3100. The van der Waals surface area contributed by atoms with Gasteiger partial charge in [-0.05, 0) is 45.5 Å². The lowest BCUT2D eigenvalue weighted by molar-refractivity contribution is -0.153. The fraction of sp³-hybridized carbons (Fsp3) is 0.132. The number of amides is 2. The van der Waals surface area contributed by atoms with Gasteiger partial charge in [-0.1, -0.05) is 169 Å². The van der Waals surface area contributed by atoms with E-state index in [0.29, 0.717) is 22.1 Å². The molecule has 3 aromatic heterocycles. The second-order valence-electron chi connectivity index (χ2n) is 16.1. The third kappa shape index (κ3) is 9.92. The minimum absolute atomic E-state index is 0.0910. The summed E-state index contributed by atoms with van der Waals surface area (Å²) < 4.78 is 7.58. The van der Waals surface area contributed by atoms with Crippen LogP contribution < -0.4 is 10.6 Å². The highest BCUT2D eigenvalue weighted by atomic mass is 32.2. The summed E-state index contributed by atoms with van der Waals surface area (Å²) in [6.45, 7) is -0.670. The van der Waals surface area contributed by atoms with Gasteiger partial charge in [0.05, 0.1) is 4.70 Å². The number of hydrogen-bond donors (Lipinski definition) is 3. The second kappa shape index (κ2) is 21.2. The van der Waals surface area contributed by atoms with Crippen LogP contribution >= 0.6 is 46.2 Å². The van der Waals surface area contributed by atoms with Crippen molar-refractivity contribution in [3.05, 3.63) is 220 Å². The minimum atomic E-state index is -1.25. The van der Waals surface area contributed by atoms with E-state index in [2.05, 4.69) is 25.8 Å². The molecule has 0 bridgehead atoms. The van der Waals surface area contributed by atoms with Crippen molar-refractivity contribution in [2.75, 3.05) is 23.4 Å². The zero-order valence-electron chi connectivity index (χ0n) is 37.4. The van der Waals surface area contributed by atoms with E-state index in [-0.39, 0.29) is 22.9 Å². The van der Waals surface area contributed by atoms with Crippen molar-refractivity contribution in [1.29, 1.82) is 0 Å². The smallest absolute Gasteiger partial charge is 0.352 e. The van der Waals surface area contributed by atoms with Crippen LogP contribution in [0.2, 0.25) is 0 Å². The molecule has 1 fully saturated rings. The molecular weight excluding hydrogens is 975 g/mol. The van der Waals surface area contributed by atoms with Crippen LogP contribution in [0.5, 0.6) is 0 Å². The van der Waals surface area contributed by atoms with Gasteiger partial charge < -0.3 is 25.3 Å². The SMILES string of the molecule is O=C(CON=C(C(=O)NC1C(=O)N2C(C(=O)O)=C(CSc3nc4ncccc4s3)CS[C@@H]12)c1csc(NC(c2ccccc2)(c2ccccc2)c2ccccc2)n1)OC(c1ccccc1)c1ccccc1. The van der Waals surface area contributed by atoms with Gasteiger partial charge in [-0.15, -0.1) is 34.4 Å². The first-order chi connectivity index (χ1) is 34.8. The van der Waals surface area contributed by atoms with E-state index in [4.69, 9.17) is 14.6 Å². The molecule has 1 saturated heterocycles. The van der Waals surface area contributed by atoms with Crippen molar-refractivity contribution in [1.82, 2.24) is 25.2 Å². The number of rotatable bonds is 18. The number of anilines is 1. The molecule has 0 radical (unpaired) electrons. The number of thioether (sulfide) groups is 2. The van der Waals surface area contributed by atoms with Crippen LogP contribution in [-0.2, 0) is 34.3 Å². The second-order valence-corrected chi connectivity index (χ2v) is 20.3. The van der Waals surface area contributed by atoms with E-state index < -0.39 is 53.4 Å². The standard InChI is InChI=1S/C53H41N7O7S4/c61-41(67-45(33-17-6-1-7-18-33)34-19-8-2-9-20-34)29-66-59-42(39-32-69-51(55-39)58-53(36-21-10-3-11-22-36,37-23-12-4-13-24-37)38-25-14-5-15-26-38)47(62)56-43-48(63)60-44(50(64)65)35(30-68-49(43)60)31-70-52-57-46-40(71-52)27-16-28-54-46/h1-28,32,43,45,49H,29-31H2,(H,55,58)(H,56,62)(H,64,65)/t43?,49-/m0/s1. The first kappa shape index (κ1) is 47.1. The summed E-state index contributed by atoms with van der Waals surface area (Å²) in [5.74, 6) is -2.85. The Labute approximate surface area is 423 Å². The Hall–Kier alpha value is -7.64. The molecule has 354 valence electrons. The topological polar surface area (TPSA) is 185 Å². The maximum atomic E-state index is 14.5. The number of carbonyl (C=O) groups excluding carboxylic acids is 3. The van der Waals surface area contributed by atoms with Crippen LogP contribution in [0.4, 0.5) is 5.13 Å². The Morgan fingerprint density at radius 3 is 1.97 bits per heavy atom. The summed E-state index contributed by atoms with van der Waals surface area (Å²) >= 11 is 5.40. The molecule has 0 spiro atoms. The van der Waals surface area contributed by atoms with E-state index in [9.17, 15) is 24.3 Å². The average molecular weight is 1020 g/mol. The fourth-order valence-electron chi connectivity index (χ4n) is 8.45. The fourth-order valence-corrected chi connectivity index (χ4v) is 12.7. The molecule has 8 aromatic rings. The number of β-lactam (4-membered cyclic amide) rings is 1. The Balaban J connectivity index is 0.931. The van der Waals surface area contributed by atoms with Crippen molar-refractivity contribution in [3.8, 4) is 0 Å².